The van der Waals surface area contributed by atoms with E-state index in [1.54, 1.807) is 50.4 Å². The lowest BCUT2D eigenvalue weighted by Crippen LogP contribution is -2.23. The van der Waals surface area contributed by atoms with Crippen molar-refractivity contribution < 1.29 is 19.0 Å². The Morgan fingerprint density at radius 3 is 2.59 bits per heavy atom. The molecule has 1 heterocycles. The summed E-state index contributed by atoms with van der Waals surface area (Å²) in [6.07, 6.45) is 0.220. The first kappa shape index (κ1) is 18.4. The van der Waals surface area contributed by atoms with Crippen LogP contribution in [0.3, 0.4) is 0 Å². The molecule has 0 bridgehead atoms. The first-order valence-electron chi connectivity index (χ1n) is 8.50. The molecule has 0 aliphatic carbocycles. The fourth-order valence-electron chi connectivity index (χ4n) is 2.59. The third-order valence-corrected chi connectivity index (χ3v) is 4.10. The Balaban J connectivity index is 1.93. The Labute approximate surface area is 156 Å². The fourth-order valence-corrected chi connectivity index (χ4v) is 2.59. The number of esters is 1. The zero-order valence-electron chi connectivity index (χ0n) is 15.4. The van der Waals surface area contributed by atoms with E-state index in [-0.39, 0.29) is 24.3 Å². The van der Waals surface area contributed by atoms with Crippen LogP contribution in [-0.4, -0.2) is 22.6 Å². The minimum Gasteiger partial charge on any atom is -0.493 e. The second kappa shape index (κ2) is 7.90. The van der Waals surface area contributed by atoms with Gasteiger partial charge in [-0.2, -0.15) is 0 Å². The average Bonchev–Trinajstić information content (AvgIpc) is 2.70. The van der Waals surface area contributed by atoms with E-state index < -0.39 is 5.97 Å². The van der Waals surface area contributed by atoms with Crippen LogP contribution in [0, 0.1) is 0 Å². The summed E-state index contributed by atoms with van der Waals surface area (Å²) < 4.78 is 17.9. The zero-order chi connectivity index (χ0) is 19.4. The largest absolute Gasteiger partial charge is 0.493 e. The van der Waals surface area contributed by atoms with Crippen LogP contribution in [0.15, 0.2) is 47.3 Å². The van der Waals surface area contributed by atoms with Gasteiger partial charge in [0.1, 0.15) is 12.4 Å². The number of nitrogens with zero attached hydrogens (tertiary/aromatic N) is 2. The van der Waals surface area contributed by atoms with E-state index in [9.17, 15) is 9.59 Å². The predicted molar refractivity (Wildman–Crippen MR) is 100 cm³/mol. The highest BCUT2D eigenvalue weighted by atomic mass is 16.6. The number of ether oxygens (including phenoxy) is 3. The summed E-state index contributed by atoms with van der Waals surface area (Å²) in [4.78, 5) is 28.7. The van der Waals surface area contributed by atoms with Crippen molar-refractivity contribution in [3.8, 4) is 17.2 Å². The number of rotatable bonds is 6. The Kier molecular flexibility index (Phi) is 5.40. The second-order valence-electron chi connectivity index (χ2n) is 5.81. The molecular weight excluding hydrogens is 348 g/mol. The van der Waals surface area contributed by atoms with Crippen LogP contribution in [0.2, 0.25) is 0 Å². The molecule has 3 rings (SSSR count). The van der Waals surface area contributed by atoms with Gasteiger partial charge in [0.15, 0.2) is 11.5 Å². The van der Waals surface area contributed by atoms with Gasteiger partial charge in [0.05, 0.1) is 18.0 Å². The molecule has 27 heavy (non-hydrogen) atoms. The number of aromatic nitrogens is 2. The van der Waals surface area contributed by atoms with Crippen LogP contribution in [0.5, 0.6) is 17.2 Å². The molecule has 2 aromatic carbocycles. The quantitative estimate of drug-likeness (QED) is 0.492. The maximum atomic E-state index is 12.5. The summed E-state index contributed by atoms with van der Waals surface area (Å²) in [6, 6.07) is 12.2. The van der Waals surface area contributed by atoms with Crippen LogP contribution >= 0.6 is 0 Å². The van der Waals surface area contributed by atoms with Crippen molar-refractivity contribution in [3.05, 3.63) is 58.6 Å². The van der Waals surface area contributed by atoms with E-state index in [0.717, 1.165) is 0 Å². The van der Waals surface area contributed by atoms with Gasteiger partial charge < -0.3 is 14.2 Å². The van der Waals surface area contributed by atoms with Crippen molar-refractivity contribution in [2.24, 2.45) is 7.05 Å². The van der Waals surface area contributed by atoms with Crippen molar-refractivity contribution in [1.29, 1.82) is 0 Å². The van der Waals surface area contributed by atoms with Crippen molar-refractivity contribution in [1.82, 2.24) is 9.55 Å². The number of carbonyl (C=O) groups excluding carboxylic acids is 1. The van der Waals surface area contributed by atoms with Crippen LogP contribution in [0.1, 0.15) is 19.2 Å². The van der Waals surface area contributed by atoms with Crippen LogP contribution in [-0.2, 0) is 18.4 Å². The van der Waals surface area contributed by atoms with E-state index in [1.165, 1.54) is 11.7 Å². The number of carbonyl (C=O) groups is 1. The molecule has 1 aromatic heterocycles. The molecule has 0 saturated carbocycles. The summed E-state index contributed by atoms with van der Waals surface area (Å²) in [5.74, 6) is 0.973. The van der Waals surface area contributed by atoms with Crippen molar-refractivity contribution in [3.63, 3.8) is 0 Å². The Bertz CT molecular complexity index is 1040. The molecule has 0 aliphatic rings. The van der Waals surface area contributed by atoms with Gasteiger partial charge in [-0.15, -0.1) is 0 Å². The SMILES string of the molecule is CCC(=O)Oc1c(OC)cccc1OCc1nc2ccccc2c(=O)n1C. The van der Waals surface area contributed by atoms with Gasteiger partial charge in [-0.25, -0.2) is 4.98 Å². The van der Waals surface area contributed by atoms with E-state index in [2.05, 4.69) is 4.98 Å². The van der Waals surface area contributed by atoms with Gasteiger partial charge in [0.25, 0.3) is 5.56 Å². The molecule has 0 amide bonds. The van der Waals surface area contributed by atoms with Crippen molar-refractivity contribution in [2.75, 3.05) is 7.11 Å². The maximum absolute atomic E-state index is 12.5. The van der Waals surface area contributed by atoms with Gasteiger partial charge in [0, 0.05) is 13.5 Å². The van der Waals surface area contributed by atoms with Gasteiger partial charge >= 0.3 is 5.97 Å². The average molecular weight is 368 g/mol. The molecule has 0 aliphatic heterocycles. The highest BCUT2D eigenvalue weighted by Gasteiger charge is 2.16. The van der Waals surface area contributed by atoms with E-state index in [1.807, 2.05) is 6.07 Å². The molecule has 0 spiro atoms. The molecule has 0 radical (unpaired) electrons. The lowest BCUT2D eigenvalue weighted by molar-refractivity contribution is -0.134. The van der Waals surface area contributed by atoms with Crippen LogP contribution in [0.25, 0.3) is 10.9 Å². The van der Waals surface area contributed by atoms with Crippen LogP contribution in [0.4, 0.5) is 0 Å². The summed E-state index contributed by atoms with van der Waals surface area (Å²) in [7, 11) is 3.13. The van der Waals surface area contributed by atoms with Crippen LogP contribution < -0.4 is 19.8 Å². The number of hydrogen-bond donors (Lipinski definition) is 0. The van der Waals surface area contributed by atoms with Crippen molar-refractivity contribution >= 4 is 16.9 Å². The standard InChI is InChI=1S/C20H20N2O5/c1-4-18(23)27-19-15(25-3)10-7-11-16(19)26-12-17-21-14-9-6-5-8-13(14)20(24)22(17)2/h5-11H,4,12H2,1-3H3. The summed E-state index contributed by atoms with van der Waals surface area (Å²) in [6.45, 7) is 1.73. The normalized spacial score (nSPS) is 10.6. The number of fused-ring (bicyclic) bond motifs is 1. The third-order valence-electron chi connectivity index (χ3n) is 4.10. The molecule has 7 heteroatoms. The van der Waals surface area contributed by atoms with Gasteiger partial charge in [0.2, 0.25) is 5.75 Å². The Morgan fingerprint density at radius 2 is 1.85 bits per heavy atom. The van der Waals surface area contributed by atoms with Gasteiger partial charge in [-0.3, -0.25) is 14.2 Å². The molecule has 0 atom stereocenters. The Morgan fingerprint density at radius 1 is 1.11 bits per heavy atom. The Hall–Kier alpha value is -3.35. The van der Waals surface area contributed by atoms with Gasteiger partial charge in [-0.05, 0) is 24.3 Å². The molecule has 0 unspecified atom stereocenters. The molecule has 0 fully saturated rings. The molecule has 3 aromatic rings. The predicted octanol–water partition coefficient (Wildman–Crippen LogP) is 2.84. The minimum atomic E-state index is -0.402. The molecular formula is C20H20N2O5. The molecule has 0 saturated heterocycles. The summed E-state index contributed by atoms with van der Waals surface area (Å²) in [5, 5.41) is 0.544. The molecule has 140 valence electrons. The number of methoxy groups -OCH3 is 1. The molecule has 7 nitrogen and oxygen atoms in total. The van der Waals surface area contributed by atoms with Crippen molar-refractivity contribution in [2.45, 2.75) is 20.0 Å². The van der Waals surface area contributed by atoms with Gasteiger partial charge in [-0.1, -0.05) is 25.1 Å². The topological polar surface area (TPSA) is 79.7 Å². The zero-order valence-corrected chi connectivity index (χ0v) is 15.4. The maximum Gasteiger partial charge on any atom is 0.311 e. The molecule has 0 N–H and O–H groups in total. The summed E-state index contributed by atoms with van der Waals surface area (Å²) >= 11 is 0. The van der Waals surface area contributed by atoms with E-state index >= 15 is 0 Å². The fraction of sp³-hybridized carbons (Fsp3) is 0.250. The lowest BCUT2D eigenvalue weighted by Gasteiger charge is -2.15. The number of hydrogen-bond acceptors (Lipinski definition) is 6. The first-order valence-corrected chi connectivity index (χ1v) is 8.50. The lowest BCUT2D eigenvalue weighted by atomic mass is 10.2. The highest BCUT2D eigenvalue weighted by molar-refractivity contribution is 5.77. The number of benzene rings is 2. The number of para-hydroxylation sites is 2. The third kappa shape index (κ3) is 3.76. The monoisotopic (exact) mass is 368 g/mol. The first-order chi connectivity index (χ1) is 13.0. The smallest absolute Gasteiger partial charge is 0.311 e. The highest BCUT2D eigenvalue weighted by Crippen LogP contribution is 2.37. The second-order valence-corrected chi connectivity index (χ2v) is 5.81. The van der Waals surface area contributed by atoms with E-state index in [4.69, 9.17) is 14.2 Å². The summed E-state index contributed by atoms with van der Waals surface area (Å²) in [5.41, 5.74) is 0.449. The minimum absolute atomic E-state index is 0.0282. The van der Waals surface area contributed by atoms with E-state index in [0.29, 0.717) is 28.2 Å².